The van der Waals surface area contributed by atoms with Crippen LogP contribution in [0.15, 0.2) is 64.4 Å². The molecule has 9 heteroatoms. The maximum Gasteiger partial charge on any atom is 0.320 e. The zero-order valence-corrected chi connectivity index (χ0v) is 15.7. The van der Waals surface area contributed by atoms with Gasteiger partial charge in [-0.1, -0.05) is 0 Å². The minimum Gasteiger partial charge on any atom is -0.497 e. The van der Waals surface area contributed by atoms with Crippen LogP contribution in [-0.4, -0.2) is 29.3 Å². The summed E-state index contributed by atoms with van der Waals surface area (Å²) in [4.78, 5) is 37.0. The van der Waals surface area contributed by atoms with E-state index in [1.165, 1.54) is 50.9 Å². The molecule has 2 aromatic carbocycles. The summed E-state index contributed by atoms with van der Waals surface area (Å²) in [5, 5.41) is 2.63. The van der Waals surface area contributed by atoms with E-state index in [9.17, 15) is 18.8 Å². The molecule has 3 aromatic rings. The van der Waals surface area contributed by atoms with Crippen LogP contribution in [0, 0.1) is 5.82 Å². The fourth-order valence-corrected chi connectivity index (χ4v) is 2.67. The van der Waals surface area contributed by atoms with Gasteiger partial charge < -0.3 is 14.8 Å². The Labute approximate surface area is 164 Å². The summed E-state index contributed by atoms with van der Waals surface area (Å²) in [5.41, 5.74) is -0.974. The number of aromatic nitrogens is 2. The highest BCUT2D eigenvalue weighted by Crippen LogP contribution is 2.25. The molecule has 0 saturated heterocycles. The van der Waals surface area contributed by atoms with E-state index in [1.54, 1.807) is 18.2 Å². The number of anilines is 1. The Balaban J connectivity index is 1.81. The van der Waals surface area contributed by atoms with Gasteiger partial charge in [0.05, 0.1) is 14.2 Å². The van der Waals surface area contributed by atoms with Crippen LogP contribution in [0.25, 0.3) is 5.69 Å². The summed E-state index contributed by atoms with van der Waals surface area (Å²) in [6.07, 6.45) is 2.66. The Kier molecular flexibility index (Phi) is 5.77. The molecule has 1 N–H and O–H groups in total. The van der Waals surface area contributed by atoms with Crippen molar-refractivity contribution in [3.8, 4) is 17.2 Å². The Morgan fingerprint density at radius 1 is 0.966 bits per heavy atom. The molecule has 1 aromatic heterocycles. The van der Waals surface area contributed by atoms with Crippen LogP contribution < -0.4 is 25.9 Å². The van der Waals surface area contributed by atoms with Crippen molar-refractivity contribution >= 4 is 11.6 Å². The SMILES string of the molecule is COc1cc(NC(=O)Cn2ccn(-c3ccc(F)cc3)c(=O)c2=O)cc(OC)c1. The van der Waals surface area contributed by atoms with Crippen LogP contribution in [0.4, 0.5) is 10.1 Å². The van der Waals surface area contributed by atoms with Crippen LogP contribution in [0.3, 0.4) is 0 Å². The number of carbonyl (C=O) groups excluding carboxylic acids is 1. The lowest BCUT2D eigenvalue weighted by molar-refractivity contribution is -0.116. The number of rotatable bonds is 6. The molecule has 29 heavy (non-hydrogen) atoms. The zero-order valence-electron chi connectivity index (χ0n) is 15.7. The minimum absolute atomic E-state index is 0.341. The first-order chi connectivity index (χ1) is 13.9. The van der Waals surface area contributed by atoms with Gasteiger partial charge in [-0.15, -0.1) is 0 Å². The van der Waals surface area contributed by atoms with Crippen LogP contribution in [0.5, 0.6) is 11.5 Å². The Morgan fingerprint density at radius 3 is 2.17 bits per heavy atom. The third kappa shape index (κ3) is 4.52. The molecule has 0 spiro atoms. The van der Waals surface area contributed by atoms with Crippen molar-refractivity contribution in [2.45, 2.75) is 6.54 Å². The smallest absolute Gasteiger partial charge is 0.320 e. The number of carbonyl (C=O) groups is 1. The highest BCUT2D eigenvalue weighted by Gasteiger charge is 2.11. The summed E-state index contributed by atoms with van der Waals surface area (Å²) in [7, 11) is 2.96. The topological polar surface area (TPSA) is 91.6 Å². The number of nitrogens with zero attached hydrogens (tertiary/aromatic N) is 2. The molecule has 0 radical (unpaired) electrons. The number of hydrogen-bond acceptors (Lipinski definition) is 5. The third-order valence-corrected chi connectivity index (χ3v) is 4.11. The molecular weight excluding hydrogens is 381 g/mol. The van der Waals surface area contributed by atoms with Crippen LogP contribution >= 0.6 is 0 Å². The minimum atomic E-state index is -0.879. The standard InChI is InChI=1S/C20H18FN3O5/c1-28-16-9-14(10-17(11-16)29-2)22-18(25)12-23-7-8-24(20(27)19(23)26)15-5-3-13(21)4-6-15/h3-11H,12H2,1-2H3,(H,22,25). The molecule has 3 rings (SSSR count). The fraction of sp³-hybridized carbons (Fsp3) is 0.150. The molecule has 0 fully saturated rings. The van der Waals surface area contributed by atoms with Gasteiger partial charge in [0.25, 0.3) is 0 Å². The number of benzene rings is 2. The Bertz CT molecular complexity index is 1130. The highest BCUT2D eigenvalue weighted by atomic mass is 19.1. The molecule has 0 aliphatic heterocycles. The normalized spacial score (nSPS) is 10.4. The number of ether oxygens (including phenoxy) is 2. The number of nitrogens with one attached hydrogen (secondary N) is 1. The number of hydrogen-bond donors (Lipinski definition) is 1. The van der Waals surface area contributed by atoms with E-state index < -0.39 is 22.8 Å². The molecule has 1 heterocycles. The molecule has 1 amide bonds. The molecule has 0 aliphatic carbocycles. The summed E-state index contributed by atoms with van der Waals surface area (Å²) in [6.45, 7) is -0.363. The number of halogens is 1. The molecule has 0 unspecified atom stereocenters. The second kappa shape index (κ2) is 8.42. The lowest BCUT2D eigenvalue weighted by Crippen LogP contribution is -2.41. The van der Waals surface area contributed by atoms with Gasteiger partial charge in [0.2, 0.25) is 5.91 Å². The van der Waals surface area contributed by atoms with Gasteiger partial charge in [-0.3, -0.25) is 23.5 Å². The second-order valence-electron chi connectivity index (χ2n) is 6.03. The first-order valence-corrected chi connectivity index (χ1v) is 8.52. The average molecular weight is 399 g/mol. The molecule has 0 bridgehead atoms. The summed E-state index contributed by atoms with van der Waals surface area (Å²) in [6, 6.07) is 9.96. The van der Waals surface area contributed by atoms with Crippen molar-refractivity contribution in [1.82, 2.24) is 9.13 Å². The van der Waals surface area contributed by atoms with Gasteiger partial charge in [0.1, 0.15) is 23.9 Å². The monoisotopic (exact) mass is 399 g/mol. The van der Waals surface area contributed by atoms with E-state index in [2.05, 4.69) is 5.32 Å². The van der Waals surface area contributed by atoms with E-state index >= 15 is 0 Å². The van der Waals surface area contributed by atoms with Gasteiger partial charge in [0.15, 0.2) is 0 Å². The zero-order chi connectivity index (χ0) is 21.0. The van der Waals surface area contributed by atoms with Crippen molar-refractivity contribution in [2.75, 3.05) is 19.5 Å². The van der Waals surface area contributed by atoms with E-state index in [1.807, 2.05) is 0 Å². The van der Waals surface area contributed by atoms with Gasteiger partial charge in [-0.25, -0.2) is 4.39 Å². The Morgan fingerprint density at radius 2 is 1.59 bits per heavy atom. The predicted octanol–water partition coefficient (Wildman–Crippen LogP) is 1.79. The van der Waals surface area contributed by atoms with E-state index in [0.29, 0.717) is 22.9 Å². The first-order valence-electron chi connectivity index (χ1n) is 8.52. The van der Waals surface area contributed by atoms with Crippen molar-refractivity contribution in [2.24, 2.45) is 0 Å². The fourth-order valence-electron chi connectivity index (χ4n) is 2.67. The van der Waals surface area contributed by atoms with Gasteiger partial charge in [0, 0.05) is 42.0 Å². The molecular formula is C20H18FN3O5. The van der Waals surface area contributed by atoms with Crippen molar-refractivity contribution < 1.29 is 18.7 Å². The van der Waals surface area contributed by atoms with Crippen molar-refractivity contribution in [3.05, 3.63) is 81.4 Å². The van der Waals surface area contributed by atoms with E-state index in [4.69, 9.17) is 9.47 Å². The summed E-state index contributed by atoms with van der Waals surface area (Å²) >= 11 is 0. The van der Waals surface area contributed by atoms with Gasteiger partial charge in [-0.05, 0) is 24.3 Å². The van der Waals surface area contributed by atoms with Crippen LogP contribution in [0.2, 0.25) is 0 Å². The number of amides is 1. The van der Waals surface area contributed by atoms with E-state index in [0.717, 1.165) is 9.13 Å². The van der Waals surface area contributed by atoms with Crippen molar-refractivity contribution in [3.63, 3.8) is 0 Å². The quantitative estimate of drug-likeness (QED) is 0.638. The van der Waals surface area contributed by atoms with Gasteiger partial charge >= 0.3 is 11.1 Å². The summed E-state index contributed by atoms with van der Waals surface area (Å²) in [5.74, 6) is -0.000234. The lowest BCUT2D eigenvalue weighted by atomic mass is 10.2. The third-order valence-electron chi connectivity index (χ3n) is 4.11. The highest BCUT2D eigenvalue weighted by molar-refractivity contribution is 5.91. The molecule has 0 atom stereocenters. The second-order valence-corrected chi connectivity index (χ2v) is 6.03. The van der Waals surface area contributed by atoms with Crippen LogP contribution in [-0.2, 0) is 11.3 Å². The Hall–Kier alpha value is -3.88. The molecule has 150 valence electrons. The van der Waals surface area contributed by atoms with Crippen LogP contribution in [0.1, 0.15) is 0 Å². The first kappa shape index (κ1) is 19.9. The maximum absolute atomic E-state index is 13.1. The molecule has 8 nitrogen and oxygen atoms in total. The number of methoxy groups -OCH3 is 2. The summed E-state index contributed by atoms with van der Waals surface area (Å²) < 4.78 is 25.4. The molecule has 0 aliphatic rings. The molecule has 0 saturated carbocycles. The van der Waals surface area contributed by atoms with Gasteiger partial charge in [-0.2, -0.15) is 0 Å². The average Bonchev–Trinajstić information content (AvgIpc) is 2.72. The van der Waals surface area contributed by atoms with Crippen molar-refractivity contribution in [1.29, 1.82) is 0 Å². The lowest BCUT2D eigenvalue weighted by Gasteiger charge is -2.11. The largest absolute Gasteiger partial charge is 0.497 e. The predicted molar refractivity (Wildman–Crippen MR) is 104 cm³/mol. The maximum atomic E-state index is 13.1. The van der Waals surface area contributed by atoms with E-state index in [-0.39, 0.29) is 6.54 Å².